The highest BCUT2D eigenvalue weighted by atomic mass is 16.3. The predicted octanol–water partition coefficient (Wildman–Crippen LogP) is 3.91. The van der Waals surface area contributed by atoms with Crippen molar-refractivity contribution in [1.29, 1.82) is 0 Å². The molecule has 0 fully saturated rings. The lowest BCUT2D eigenvalue weighted by atomic mass is 10.0. The number of hydrogen-bond acceptors (Lipinski definition) is 8. The van der Waals surface area contributed by atoms with Crippen molar-refractivity contribution >= 4 is 28.9 Å². The Balaban J connectivity index is 1.51. The number of nitrogens with one attached hydrogen (secondary N) is 2. The van der Waals surface area contributed by atoms with E-state index in [1.807, 2.05) is 22.7 Å². The third kappa shape index (κ3) is 3.77. The van der Waals surface area contributed by atoms with Crippen molar-refractivity contribution in [3.05, 3.63) is 64.8 Å². The molecule has 0 spiro atoms. The Morgan fingerprint density at radius 1 is 1.10 bits per heavy atom. The first kappa shape index (κ1) is 19.3. The molecule has 0 radical (unpaired) electrons. The number of fused-ring (bicyclic) bond motifs is 1. The lowest BCUT2D eigenvalue weighted by Crippen LogP contribution is -2.17. The second-order valence-electron chi connectivity index (χ2n) is 6.91. The zero-order valence-electron chi connectivity index (χ0n) is 16.8. The summed E-state index contributed by atoms with van der Waals surface area (Å²) < 4.78 is 1.91. The van der Waals surface area contributed by atoms with Crippen LogP contribution >= 0.6 is 0 Å². The van der Waals surface area contributed by atoms with Gasteiger partial charge >= 0.3 is 0 Å². The van der Waals surface area contributed by atoms with Crippen molar-refractivity contribution in [3.63, 3.8) is 0 Å². The molecule has 0 saturated carbocycles. The Bertz CT molecular complexity index is 1220. The van der Waals surface area contributed by atoms with Crippen LogP contribution in [0.2, 0.25) is 0 Å². The van der Waals surface area contributed by atoms with Crippen LogP contribution in [0.1, 0.15) is 11.1 Å². The molecular weight excluding hydrogens is 380 g/mol. The molecule has 4 N–H and O–H groups in total. The highest BCUT2D eigenvalue weighted by Crippen LogP contribution is 2.26. The van der Waals surface area contributed by atoms with E-state index >= 15 is 0 Å². The number of hydrogen-bond donors (Lipinski definition) is 3. The number of aryl methyl sites for hydroxylation is 1. The van der Waals surface area contributed by atoms with E-state index in [2.05, 4.69) is 51.8 Å². The largest absolute Gasteiger partial charge is 0.382 e. The Morgan fingerprint density at radius 2 is 1.93 bits per heavy atom. The molecule has 3 aromatic heterocycles. The van der Waals surface area contributed by atoms with Gasteiger partial charge in [-0.1, -0.05) is 18.2 Å². The van der Waals surface area contributed by atoms with Gasteiger partial charge < -0.3 is 16.4 Å². The maximum atomic E-state index is 10.6. The number of benzene rings is 1. The van der Waals surface area contributed by atoms with Gasteiger partial charge in [0.2, 0.25) is 5.95 Å². The number of rotatable bonds is 7. The number of nitrogens with zero attached hydrogens (tertiary/aromatic N) is 5. The quantitative estimate of drug-likeness (QED) is 0.316. The average molecular weight is 402 g/mol. The van der Waals surface area contributed by atoms with Crippen molar-refractivity contribution in [2.45, 2.75) is 13.8 Å². The molecule has 1 aromatic carbocycles. The molecule has 0 amide bonds. The van der Waals surface area contributed by atoms with Gasteiger partial charge in [-0.2, -0.15) is 0 Å². The van der Waals surface area contributed by atoms with Crippen molar-refractivity contribution in [2.24, 2.45) is 5.18 Å². The molecule has 0 bridgehead atoms. The maximum Gasteiger partial charge on any atom is 0.209 e. The van der Waals surface area contributed by atoms with Gasteiger partial charge in [-0.25, -0.2) is 15.0 Å². The van der Waals surface area contributed by atoms with Gasteiger partial charge in [-0.3, -0.25) is 4.40 Å². The van der Waals surface area contributed by atoms with Gasteiger partial charge in [0.25, 0.3) is 0 Å². The van der Waals surface area contributed by atoms with Crippen LogP contribution in [0.5, 0.6) is 0 Å². The fourth-order valence-corrected chi connectivity index (χ4v) is 3.22. The van der Waals surface area contributed by atoms with Crippen molar-refractivity contribution < 1.29 is 0 Å². The third-order valence-corrected chi connectivity index (χ3v) is 4.99. The van der Waals surface area contributed by atoms with Gasteiger partial charge in [0.05, 0.1) is 5.69 Å². The van der Waals surface area contributed by atoms with Crippen LogP contribution in [0.15, 0.2) is 54.0 Å². The zero-order valence-corrected chi connectivity index (χ0v) is 16.8. The molecule has 30 heavy (non-hydrogen) atoms. The molecule has 0 unspecified atom stereocenters. The van der Waals surface area contributed by atoms with Crippen LogP contribution in [-0.2, 0) is 0 Å². The number of imidazole rings is 1. The highest BCUT2D eigenvalue weighted by molar-refractivity contribution is 5.70. The Labute approximate surface area is 173 Å². The van der Waals surface area contributed by atoms with Crippen molar-refractivity contribution in [2.75, 3.05) is 29.5 Å². The highest BCUT2D eigenvalue weighted by Gasteiger charge is 2.11. The van der Waals surface area contributed by atoms with E-state index in [9.17, 15) is 4.91 Å². The Morgan fingerprint density at radius 3 is 2.73 bits per heavy atom. The molecule has 9 heteroatoms. The van der Waals surface area contributed by atoms with E-state index in [1.54, 1.807) is 12.3 Å². The van der Waals surface area contributed by atoms with E-state index in [1.165, 1.54) is 17.2 Å². The monoisotopic (exact) mass is 402 g/mol. The maximum absolute atomic E-state index is 10.6. The first-order valence-corrected chi connectivity index (χ1v) is 9.55. The number of pyridine rings is 1. The van der Waals surface area contributed by atoms with E-state index in [0.717, 1.165) is 16.9 Å². The molecule has 3 heterocycles. The van der Waals surface area contributed by atoms with Crippen LogP contribution < -0.4 is 16.4 Å². The summed E-state index contributed by atoms with van der Waals surface area (Å²) in [6, 6.07) is 11.4. The first-order chi connectivity index (χ1) is 14.6. The number of aromatic nitrogens is 4. The summed E-state index contributed by atoms with van der Waals surface area (Å²) in [4.78, 5) is 24.0. The van der Waals surface area contributed by atoms with Crippen LogP contribution in [0.4, 0.5) is 23.3 Å². The topological polar surface area (TPSA) is 123 Å². The first-order valence-electron chi connectivity index (χ1n) is 9.55. The summed E-state index contributed by atoms with van der Waals surface area (Å²) >= 11 is 0. The summed E-state index contributed by atoms with van der Waals surface area (Å²) in [5.41, 5.74) is 11.0. The standard InChI is InChI=1S/C21H22N8O/c1-13-4-3-5-15(14(13)2)17-12-19-24-10-11-29(19)21(26-17)25-9-8-23-18-7-6-16(28-30)20(22)27-18/h3-7,10-12H,8-9H2,1-2H3,(H,25,26)(H3,22,23,27). The SMILES string of the molecule is Cc1cccc(-c2cc3nccn3c(NCCNc3ccc(N=O)c(N)n3)n2)c1C. The minimum Gasteiger partial charge on any atom is -0.382 e. The van der Waals surface area contributed by atoms with Crippen LogP contribution in [0.25, 0.3) is 16.9 Å². The molecule has 0 aliphatic carbocycles. The number of nitroso groups, excluding NO2 is 1. The third-order valence-electron chi connectivity index (χ3n) is 4.99. The second-order valence-corrected chi connectivity index (χ2v) is 6.91. The molecule has 152 valence electrons. The Hall–Kier alpha value is -4.01. The van der Waals surface area contributed by atoms with Gasteiger partial charge in [0.15, 0.2) is 5.82 Å². The Kier molecular flexibility index (Phi) is 5.25. The molecule has 0 aliphatic rings. The van der Waals surface area contributed by atoms with Gasteiger partial charge in [0.1, 0.15) is 17.2 Å². The number of anilines is 3. The van der Waals surface area contributed by atoms with Crippen LogP contribution in [-0.4, -0.2) is 32.4 Å². The summed E-state index contributed by atoms with van der Waals surface area (Å²) in [7, 11) is 0. The molecule has 0 atom stereocenters. The van der Waals surface area contributed by atoms with E-state index < -0.39 is 0 Å². The van der Waals surface area contributed by atoms with Crippen molar-refractivity contribution in [3.8, 4) is 11.3 Å². The average Bonchev–Trinajstić information content (AvgIpc) is 3.22. The summed E-state index contributed by atoms with van der Waals surface area (Å²) in [6.07, 6.45) is 3.63. The van der Waals surface area contributed by atoms with Crippen LogP contribution in [0.3, 0.4) is 0 Å². The van der Waals surface area contributed by atoms with Crippen molar-refractivity contribution in [1.82, 2.24) is 19.4 Å². The molecule has 4 aromatic rings. The smallest absolute Gasteiger partial charge is 0.209 e. The molecule has 9 nitrogen and oxygen atoms in total. The molecule has 4 rings (SSSR count). The zero-order chi connectivity index (χ0) is 21.1. The molecular formula is C21H22N8O. The number of nitrogens with two attached hydrogens (primary N) is 1. The summed E-state index contributed by atoms with van der Waals surface area (Å²) in [6.45, 7) is 5.36. The lowest BCUT2D eigenvalue weighted by molar-refractivity contribution is 0.995. The van der Waals surface area contributed by atoms with E-state index in [0.29, 0.717) is 24.9 Å². The molecule has 0 aliphatic heterocycles. The summed E-state index contributed by atoms with van der Waals surface area (Å²) in [5, 5.41) is 9.33. The summed E-state index contributed by atoms with van der Waals surface area (Å²) in [5.74, 6) is 1.38. The van der Waals surface area contributed by atoms with Gasteiger partial charge in [-0.15, -0.1) is 4.91 Å². The second kappa shape index (κ2) is 8.16. The minimum absolute atomic E-state index is 0.103. The lowest BCUT2D eigenvalue weighted by Gasteiger charge is -2.13. The molecule has 0 saturated heterocycles. The number of nitrogen functional groups attached to an aromatic ring is 1. The van der Waals surface area contributed by atoms with E-state index in [4.69, 9.17) is 10.7 Å². The fraction of sp³-hybridized carbons (Fsp3) is 0.190. The van der Waals surface area contributed by atoms with E-state index in [-0.39, 0.29) is 11.5 Å². The fourth-order valence-electron chi connectivity index (χ4n) is 3.22. The predicted molar refractivity (Wildman–Crippen MR) is 119 cm³/mol. The van der Waals surface area contributed by atoms with Gasteiger partial charge in [0, 0.05) is 37.1 Å². The van der Waals surface area contributed by atoms with Crippen LogP contribution in [0, 0.1) is 18.8 Å². The van der Waals surface area contributed by atoms with Gasteiger partial charge in [-0.05, 0) is 42.3 Å². The minimum atomic E-state index is 0.103. The normalized spacial score (nSPS) is 10.9.